The second-order valence-electron chi connectivity index (χ2n) is 16.9. The van der Waals surface area contributed by atoms with Gasteiger partial charge in [-0.2, -0.15) is 0 Å². The highest BCUT2D eigenvalue weighted by atomic mass is 16.6. The highest BCUT2D eigenvalue weighted by molar-refractivity contribution is 5.80. The standard InChI is InChI=1S/C20H32O4.C16H26O3/c1-5-19(3,4)18(22)23-12-17(21)24-20(6-2)15-8-13-7-14(10-15)11-16(20)9-13;1-4-14(2,3)13(17)19-16-8-11-5-12(9-16)7-15(18,6-11)10-16/h13-16H,5-12H2,1-4H3;11-12,18H,4-10H2,1-3H3. The predicted octanol–water partition coefficient (Wildman–Crippen LogP) is 7.16. The lowest BCUT2D eigenvalue weighted by atomic mass is 9.49. The van der Waals surface area contributed by atoms with Crippen molar-refractivity contribution >= 4 is 17.9 Å². The Bertz CT molecular complexity index is 1030. The van der Waals surface area contributed by atoms with Gasteiger partial charge in [-0.1, -0.05) is 20.8 Å². The second kappa shape index (κ2) is 11.6. The molecular weight excluding hydrogens is 544 g/mol. The smallest absolute Gasteiger partial charge is 0.344 e. The number of hydrogen-bond donors (Lipinski definition) is 1. The topological polar surface area (TPSA) is 99.1 Å². The third-order valence-electron chi connectivity index (χ3n) is 12.9. The first-order valence-electron chi connectivity index (χ1n) is 17.4. The summed E-state index contributed by atoms with van der Waals surface area (Å²) < 4.78 is 17.2. The molecule has 7 heteroatoms. The van der Waals surface area contributed by atoms with E-state index in [0.717, 1.165) is 50.4 Å². The maximum absolute atomic E-state index is 12.4. The van der Waals surface area contributed by atoms with Gasteiger partial charge in [0.05, 0.1) is 16.4 Å². The first-order valence-corrected chi connectivity index (χ1v) is 17.4. The number of carbonyl (C=O) groups is 3. The molecule has 0 saturated heterocycles. The van der Waals surface area contributed by atoms with Crippen LogP contribution in [0.2, 0.25) is 0 Å². The number of hydrogen-bond acceptors (Lipinski definition) is 7. The Morgan fingerprint density at radius 3 is 1.65 bits per heavy atom. The van der Waals surface area contributed by atoms with Crippen LogP contribution in [0.1, 0.15) is 138 Å². The molecule has 43 heavy (non-hydrogen) atoms. The Hall–Kier alpha value is -1.63. The number of esters is 3. The maximum atomic E-state index is 12.4. The molecule has 8 rings (SSSR count). The summed E-state index contributed by atoms with van der Waals surface area (Å²) in [7, 11) is 0. The van der Waals surface area contributed by atoms with E-state index in [9.17, 15) is 19.5 Å². The predicted molar refractivity (Wildman–Crippen MR) is 164 cm³/mol. The number of ether oxygens (including phenoxy) is 3. The molecule has 8 fully saturated rings. The fraction of sp³-hybridized carbons (Fsp3) is 0.917. The van der Waals surface area contributed by atoms with E-state index in [0.29, 0.717) is 36.5 Å². The van der Waals surface area contributed by atoms with Crippen LogP contribution in [-0.2, 0) is 28.6 Å². The van der Waals surface area contributed by atoms with Gasteiger partial charge in [-0.15, -0.1) is 0 Å². The van der Waals surface area contributed by atoms with Crippen LogP contribution in [-0.4, -0.2) is 46.4 Å². The average Bonchev–Trinajstić information content (AvgIpc) is 2.92. The summed E-state index contributed by atoms with van der Waals surface area (Å²) in [5, 5.41) is 10.6. The van der Waals surface area contributed by atoms with Crippen LogP contribution >= 0.6 is 0 Å². The minimum atomic E-state index is -0.555. The normalized spacial score (nSPS) is 40.5. The number of aliphatic hydroxyl groups is 1. The van der Waals surface area contributed by atoms with E-state index >= 15 is 0 Å². The van der Waals surface area contributed by atoms with Crippen molar-refractivity contribution in [3.05, 3.63) is 0 Å². The van der Waals surface area contributed by atoms with Gasteiger partial charge in [0.15, 0.2) is 6.61 Å². The molecular formula is C36H58O7. The Morgan fingerprint density at radius 2 is 1.19 bits per heavy atom. The SMILES string of the molecule is CCC(C)(C)C(=O)OC12CC3CC(CC(O)(C3)C1)C2.CCC(C)(C)C(=O)OCC(=O)OC1(CC)C2CC3CC(C2)CC1C3. The van der Waals surface area contributed by atoms with Crippen LogP contribution in [0.5, 0.6) is 0 Å². The van der Waals surface area contributed by atoms with Crippen molar-refractivity contribution in [3.8, 4) is 0 Å². The highest BCUT2D eigenvalue weighted by Gasteiger charge is 2.60. The van der Waals surface area contributed by atoms with E-state index in [1.807, 2.05) is 41.5 Å². The largest absolute Gasteiger partial charge is 0.459 e. The lowest BCUT2D eigenvalue weighted by Gasteiger charge is -2.60. The minimum absolute atomic E-state index is 0.0828. The molecule has 8 aliphatic carbocycles. The van der Waals surface area contributed by atoms with Crippen molar-refractivity contribution in [2.45, 2.75) is 155 Å². The zero-order valence-corrected chi connectivity index (χ0v) is 28.0. The fourth-order valence-electron chi connectivity index (χ4n) is 10.2. The zero-order chi connectivity index (χ0) is 31.4. The molecule has 0 aromatic heterocycles. The third-order valence-corrected chi connectivity index (χ3v) is 12.9. The Labute approximate surface area is 259 Å². The summed E-state index contributed by atoms with van der Waals surface area (Å²) in [5.74, 6) is 3.04. The quantitative estimate of drug-likeness (QED) is 0.221. The molecule has 0 radical (unpaired) electrons. The van der Waals surface area contributed by atoms with Gasteiger partial charge >= 0.3 is 17.9 Å². The molecule has 244 valence electrons. The number of carbonyl (C=O) groups excluding carboxylic acids is 3. The molecule has 0 heterocycles. The van der Waals surface area contributed by atoms with Crippen LogP contribution < -0.4 is 0 Å². The summed E-state index contributed by atoms with van der Waals surface area (Å²) in [6.07, 6.45) is 14.2. The molecule has 1 N–H and O–H groups in total. The van der Waals surface area contributed by atoms with Gasteiger partial charge < -0.3 is 19.3 Å². The van der Waals surface area contributed by atoms with Gasteiger partial charge in [-0.25, -0.2) is 4.79 Å². The van der Waals surface area contributed by atoms with Crippen molar-refractivity contribution in [3.63, 3.8) is 0 Å². The lowest BCUT2D eigenvalue weighted by Crippen LogP contribution is -2.61. The Kier molecular flexibility index (Phi) is 8.85. The first-order chi connectivity index (χ1) is 20.1. The molecule has 8 bridgehead atoms. The van der Waals surface area contributed by atoms with E-state index in [4.69, 9.17) is 14.2 Å². The molecule has 0 amide bonds. The molecule has 8 saturated carbocycles. The molecule has 0 aromatic carbocycles. The van der Waals surface area contributed by atoms with Gasteiger partial charge in [-0.05, 0) is 147 Å². The average molecular weight is 603 g/mol. The molecule has 2 atom stereocenters. The van der Waals surface area contributed by atoms with Gasteiger partial charge in [0, 0.05) is 6.42 Å². The van der Waals surface area contributed by atoms with Crippen molar-refractivity contribution in [2.75, 3.05) is 6.61 Å². The molecule has 0 spiro atoms. The van der Waals surface area contributed by atoms with E-state index in [2.05, 4.69) is 6.92 Å². The molecule has 7 nitrogen and oxygen atoms in total. The minimum Gasteiger partial charge on any atom is -0.459 e. The summed E-state index contributed by atoms with van der Waals surface area (Å²) in [6, 6.07) is 0. The molecule has 8 aliphatic rings. The van der Waals surface area contributed by atoms with Crippen LogP contribution in [0.15, 0.2) is 0 Å². The fourth-order valence-corrected chi connectivity index (χ4v) is 10.2. The van der Waals surface area contributed by atoms with Gasteiger partial charge in [0.2, 0.25) is 0 Å². The summed E-state index contributed by atoms with van der Waals surface area (Å²) in [6.45, 7) is 13.4. The number of rotatable bonds is 9. The first kappa shape index (κ1) is 32.8. The van der Waals surface area contributed by atoms with E-state index in [-0.39, 0.29) is 35.7 Å². The van der Waals surface area contributed by atoms with Crippen LogP contribution in [0.4, 0.5) is 0 Å². The van der Waals surface area contributed by atoms with Gasteiger partial charge in [0.25, 0.3) is 0 Å². The third kappa shape index (κ3) is 6.40. The van der Waals surface area contributed by atoms with E-state index < -0.39 is 16.4 Å². The van der Waals surface area contributed by atoms with E-state index in [1.165, 1.54) is 38.5 Å². The van der Waals surface area contributed by atoms with Crippen molar-refractivity contribution in [2.24, 2.45) is 46.3 Å². The monoisotopic (exact) mass is 602 g/mol. The summed E-state index contributed by atoms with van der Waals surface area (Å²) >= 11 is 0. The Morgan fingerprint density at radius 1 is 0.698 bits per heavy atom. The molecule has 0 aromatic rings. The van der Waals surface area contributed by atoms with Crippen LogP contribution in [0.25, 0.3) is 0 Å². The van der Waals surface area contributed by atoms with Crippen molar-refractivity contribution < 1.29 is 33.7 Å². The second-order valence-corrected chi connectivity index (χ2v) is 16.9. The van der Waals surface area contributed by atoms with Crippen LogP contribution in [0.3, 0.4) is 0 Å². The molecule has 0 aliphatic heterocycles. The molecule has 2 unspecified atom stereocenters. The van der Waals surface area contributed by atoms with Crippen molar-refractivity contribution in [1.82, 2.24) is 0 Å². The summed E-state index contributed by atoms with van der Waals surface area (Å²) in [4.78, 5) is 36.9. The Balaban J connectivity index is 0.000000176. The summed E-state index contributed by atoms with van der Waals surface area (Å²) in [5.41, 5.74) is -2.18. The lowest BCUT2D eigenvalue weighted by molar-refractivity contribution is -0.225. The van der Waals surface area contributed by atoms with Gasteiger partial charge in [0.1, 0.15) is 11.2 Å². The maximum Gasteiger partial charge on any atom is 0.344 e. The zero-order valence-electron chi connectivity index (χ0n) is 28.0. The van der Waals surface area contributed by atoms with Crippen LogP contribution in [0, 0.1) is 46.3 Å². The van der Waals surface area contributed by atoms with E-state index in [1.54, 1.807) is 0 Å². The van der Waals surface area contributed by atoms with Gasteiger partial charge in [-0.3, -0.25) is 9.59 Å². The highest BCUT2D eigenvalue weighted by Crippen LogP contribution is 2.61. The van der Waals surface area contributed by atoms with Crippen molar-refractivity contribution in [1.29, 1.82) is 0 Å².